The molecule has 5 heteroatoms. The Bertz CT molecular complexity index is 425. The maximum Gasteiger partial charge on any atom is 0.147 e. The van der Waals surface area contributed by atoms with Gasteiger partial charge < -0.3 is 5.32 Å². The quantitative estimate of drug-likeness (QED) is 0.860. The maximum absolute atomic E-state index is 11.3. The van der Waals surface area contributed by atoms with E-state index < -0.39 is 9.84 Å². The molecule has 1 aliphatic heterocycles. The van der Waals surface area contributed by atoms with Crippen molar-refractivity contribution < 1.29 is 8.42 Å². The van der Waals surface area contributed by atoms with Crippen LogP contribution in [0.1, 0.15) is 52.4 Å². The zero-order valence-electron chi connectivity index (χ0n) is 13.2. The van der Waals surface area contributed by atoms with Crippen molar-refractivity contribution in [3.8, 4) is 0 Å². The van der Waals surface area contributed by atoms with Gasteiger partial charge in [-0.15, -0.1) is 0 Å². The highest BCUT2D eigenvalue weighted by molar-refractivity contribution is 7.90. The molecule has 2 rings (SSSR count). The summed E-state index contributed by atoms with van der Waals surface area (Å²) in [4.78, 5) is 2.51. The third-order valence-corrected chi connectivity index (χ3v) is 6.03. The van der Waals surface area contributed by atoms with Crippen molar-refractivity contribution in [1.29, 1.82) is 0 Å². The number of sulfone groups is 1. The summed E-state index contributed by atoms with van der Waals surface area (Å²) in [7, 11) is -2.84. The molecule has 2 fully saturated rings. The van der Waals surface area contributed by atoms with Gasteiger partial charge >= 0.3 is 0 Å². The molecule has 0 aromatic carbocycles. The minimum absolute atomic E-state index is 0.125. The summed E-state index contributed by atoms with van der Waals surface area (Å²) in [6, 6.07) is 0. The lowest BCUT2D eigenvalue weighted by atomic mass is 9.77. The third kappa shape index (κ3) is 4.18. The van der Waals surface area contributed by atoms with Crippen molar-refractivity contribution in [2.45, 2.75) is 63.5 Å². The molecule has 1 aliphatic carbocycles. The molecular weight excluding hydrogens is 272 g/mol. The Kier molecular flexibility index (Phi) is 4.82. The van der Waals surface area contributed by atoms with Crippen LogP contribution in [0.5, 0.6) is 0 Å². The van der Waals surface area contributed by atoms with E-state index >= 15 is 0 Å². The van der Waals surface area contributed by atoms with Gasteiger partial charge in [0.15, 0.2) is 0 Å². The molecule has 118 valence electrons. The van der Waals surface area contributed by atoms with E-state index in [0.717, 1.165) is 26.1 Å². The van der Waals surface area contributed by atoms with Gasteiger partial charge in [0.05, 0.1) is 5.75 Å². The fourth-order valence-electron chi connectivity index (χ4n) is 3.61. The summed E-state index contributed by atoms with van der Waals surface area (Å²) in [5, 5.41) is 3.80. The van der Waals surface area contributed by atoms with Crippen LogP contribution in [0.3, 0.4) is 0 Å². The predicted octanol–water partition coefficient (Wildman–Crippen LogP) is 1.81. The smallest absolute Gasteiger partial charge is 0.147 e. The van der Waals surface area contributed by atoms with E-state index in [-0.39, 0.29) is 5.54 Å². The molecular formula is C15H30N2O2S. The Hall–Kier alpha value is -0.130. The molecule has 1 heterocycles. The van der Waals surface area contributed by atoms with Gasteiger partial charge in [-0.3, -0.25) is 4.90 Å². The van der Waals surface area contributed by atoms with Crippen molar-refractivity contribution in [3.05, 3.63) is 0 Å². The molecule has 0 amide bonds. The summed E-state index contributed by atoms with van der Waals surface area (Å²) in [5.74, 6) is 0.306. The molecule has 0 unspecified atom stereocenters. The lowest BCUT2D eigenvalue weighted by Gasteiger charge is -2.53. The molecule has 0 atom stereocenters. The fourth-order valence-corrected chi connectivity index (χ4v) is 4.27. The Labute approximate surface area is 124 Å². The summed E-state index contributed by atoms with van der Waals surface area (Å²) >= 11 is 0. The van der Waals surface area contributed by atoms with Crippen LogP contribution in [-0.2, 0) is 9.84 Å². The Morgan fingerprint density at radius 2 is 1.80 bits per heavy atom. The van der Waals surface area contributed by atoms with E-state index in [2.05, 4.69) is 24.1 Å². The van der Waals surface area contributed by atoms with E-state index in [0.29, 0.717) is 11.3 Å². The van der Waals surface area contributed by atoms with Gasteiger partial charge in [-0.05, 0) is 39.7 Å². The second-order valence-electron chi connectivity index (χ2n) is 7.41. The minimum atomic E-state index is -2.84. The van der Waals surface area contributed by atoms with Gasteiger partial charge in [0.25, 0.3) is 0 Å². The Morgan fingerprint density at radius 1 is 1.15 bits per heavy atom. The van der Waals surface area contributed by atoms with E-state index in [1.54, 1.807) is 0 Å². The maximum atomic E-state index is 11.3. The Morgan fingerprint density at radius 3 is 2.40 bits per heavy atom. The van der Waals surface area contributed by atoms with Gasteiger partial charge in [-0.1, -0.05) is 19.3 Å². The molecule has 1 saturated carbocycles. The molecule has 1 N–H and O–H groups in total. The number of rotatable bonds is 4. The van der Waals surface area contributed by atoms with Crippen LogP contribution >= 0.6 is 0 Å². The lowest BCUT2D eigenvalue weighted by molar-refractivity contribution is 0.0111. The third-order valence-electron chi connectivity index (χ3n) is 5.00. The molecule has 4 nitrogen and oxygen atoms in total. The van der Waals surface area contributed by atoms with Gasteiger partial charge in [-0.25, -0.2) is 8.42 Å². The summed E-state index contributed by atoms with van der Waals surface area (Å²) in [5.41, 5.74) is 0.416. The molecule has 0 aromatic heterocycles. The van der Waals surface area contributed by atoms with Gasteiger partial charge in [-0.2, -0.15) is 0 Å². The van der Waals surface area contributed by atoms with E-state index in [1.165, 1.54) is 38.4 Å². The van der Waals surface area contributed by atoms with Crippen LogP contribution in [-0.4, -0.2) is 56.0 Å². The van der Waals surface area contributed by atoms with Crippen LogP contribution in [0.25, 0.3) is 0 Å². The molecule has 2 aliphatic rings. The standard InChI is InChI=1S/C15H30N2O2S/c1-14(2)12-16-15(8-5-4-6-9-15)13-17(14)10-7-11-20(3,18)19/h16H,4-13H2,1-3H3. The summed E-state index contributed by atoms with van der Waals surface area (Å²) < 4.78 is 22.6. The Balaban J connectivity index is 1.96. The SMILES string of the molecule is CC1(C)CNC2(CCCCC2)CN1CCCS(C)(=O)=O. The largest absolute Gasteiger partial charge is 0.308 e. The van der Waals surface area contributed by atoms with Crippen LogP contribution in [0.15, 0.2) is 0 Å². The zero-order chi connectivity index (χ0) is 14.9. The number of nitrogens with zero attached hydrogens (tertiary/aromatic N) is 1. The zero-order valence-corrected chi connectivity index (χ0v) is 14.1. The molecule has 20 heavy (non-hydrogen) atoms. The average molecular weight is 302 g/mol. The van der Waals surface area contributed by atoms with E-state index in [4.69, 9.17) is 0 Å². The van der Waals surface area contributed by atoms with Crippen molar-refractivity contribution in [1.82, 2.24) is 10.2 Å². The first-order valence-electron chi connectivity index (χ1n) is 7.90. The summed E-state index contributed by atoms with van der Waals surface area (Å²) in [6.07, 6.45) is 8.63. The highest BCUT2D eigenvalue weighted by Crippen LogP contribution is 2.34. The normalized spacial score (nSPS) is 26.8. The average Bonchev–Trinajstić information content (AvgIpc) is 2.34. The van der Waals surface area contributed by atoms with Crippen molar-refractivity contribution >= 4 is 9.84 Å². The van der Waals surface area contributed by atoms with Crippen molar-refractivity contribution in [2.75, 3.05) is 31.6 Å². The van der Waals surface area contributed by atoms with E-state index in [1.807, 2.05) is 0 Å². The fraction of sp³-hybridized carbons (Fsp3) is 1.00. The molecule has 1 saturated heterocycles. The second kappa shape index (κ2) is 5.93. The number of piperazine rings is 1. The first kappa shape index (κ1) is 16.2. The second-order valence-corrected chi connectivity index (χ2v) is 9.67. The predicted molar refractivity (Wildman–Crippen MR) is 83.8 cm³/mol. The molecule has 0 aromatic rings. The number of hydrogen-bond donors (Lipinski definition) is 1. The van der Waals surface area contributed by atoms with Crippen LogP contribution in [0, 0.1) is 0 Å². The number of nitrogens with one attached hydrogen (secondary N) is 1. The summed E-state index contributed by atoms with van der Waals surface area (Å²) in [6.45, 7) is 7.49. The first-order chi connectivity index (χ1) is 9.23. The first-order valence-corrected chi connectivity index (χ1v) is 9.96. The van der Waals surface area contributed by atoms with Gasteiger partial charge in [0, 0.05) is 30.4 Å². The van der Waals surface area contributed by atoms with E-state index in [9.17, 15) is 8.42 Å². The van der Waals surface area contributed by atoms with Gasteiger partial charge in [0.1, 0.15) is 9.84 Å². The molecule has 0 radical (unpaired) electrons. The van der Waals surface area contributed by atoms with Crippen molar-refractivity contribution in [2.24, 2.45) is 0 Å². The lowest BCUT2D eigenvalue weighted by Crippen LogP contribution is -2.68. The van der Waals surface area contributed by atoms with Crippen LogP contribution in [0.2, 0.25) is 0 Å². The topological polar surface area (TPSA) is 49.4 Å². The van der Waals surface area contributed by atoms with Gasteiger partial charge in [0.2, 0.25) is 0 Å². The van der Waals surface area contributed by atoms with Crippen molar-refractivity contribution in [3.63, 3.8) is 0 Å². The minimum Gasteiger partial charge on any atom is -0.308 e. The molecule has 0 bridgehead atoms. The van der Waals surface area contributed by atoms with Crippen LogP contribution < -0.4 is 5.32 Å². The highest BCUT2D eigenvalue weighted by atomic mass is 32.2. The number of hydrogen-bond acceptors (Lipinski definition) is 4. The van der Waals surface area contributed by atoms with Crippen LogP contribution in [0.4, 0.5) is 0 Å². The monoisotopic (exact) mass is 302 g/mol. The molecule has 1 spiro atoms. The highest BCUT2D eigenvalue weighted by Gasteiger charge is 2.42.